The third-order valence-electron chi connectivity index (χ3n) is 3.14. The monoisotopic (exact) mass is 336 g/mol. The maximum absolute atomic E-state index is 4.65. The number of hydrogen-bond acceptors (Lipinski definition) is 4. The number of thiophene rings is 1. The maximum atomic E-state index is 4.65. The second-order valence-corrected chi connectivity index (χ2v) is 7.27. The van der Waals surface area contributed by atoms with Gasteiger partial charge in [-0.3, -0.25) is 0 Å². The second-order valence-electron chi connectivity index (χ2n) is 4.95. The lowest BCUT2D eigenvalue weighted by Crippen LogP contribution is -2.38. The molecule has 2 aromatic heterocycles. The lowest BCUT2D eigenvalue weighted by Gasteiger charge is -2.10. The van der Waals surface area contributed by atoms with Crippen molar-refractivity contribution in [1.29, 1.82) is 0 Å². The molecule has 0 bridgehead atoms. The van der Waals surface area contributed by atoms with E-state index in [0.717, 1.165) is 49.1 Å². The second kappa shape index (κ2) is 8.90. The Kier molecular flexibility index (Phi) is 6.86. The van der Waals surface area contributed by atoms with Gasteiger partial charge >= 0.3 is 0 Å². The summed E-state index contributed by atoms with van der Waals surface area (Å²) in [6, 6.07) is 4.37. The minimum Gasteiger partial charge on any atom is -0.357 e. The summed E-state index contributed by atoms with van der Waals surface area (Å²) in [4.78, 5) is 11.9. The molecule has 0 unspecified atom stereocenters. The minimum absolute atomic E-state index is 0.732. The van der Waals surface area contributed by atoms with E-state index >= 15 is 0 Å². The van der Waals surface area contributed by atoms with E-state index in [9.17, 15) is 0 Å². The third-order valence-corrected chi connectivity index (χ3v) is 5.18. The van der Waals surface area contributed by atoms with Gasteiger partial charge in [0.2, 0.25) is 0 Å². The number of guanidine groups is 1. The van der Waals surface area contributed by atoms with E-state index < -0.39 is 0 Å². The van der Waals surface area contributed by atoms with Gasteiger partial charge in [-0.05, 0) is 32.4 Å². The number of hydrogen-bond donors (Lipinski definition) is 2. The highest BCUT2D eigenvalue weighted by molar-refractivity contribution is 7.12. The smallest absolute Gasteiger partial charge is 0.191 e. The highest BCUT2D eigenvalue weighted by Crippen LogP contribution is 2.17. The highest BCUT2D eigenvalue weighted by Gasteiger charge is 2.02. The van der Waals surface area contributed by atoms with Gasteiger partial charge in [0.25, 0.3) is 0 Å². The minimum atomic E-state index is 0.732. The molecular weight excluding hydrogens is 312 g/mol. The molecule has 0 aromatic carbocycles. The zero-order valence-corrected chi connectivity index (χ0v) is 15.1. The molecule has 0 fully saturated rings. The van der Waals surface area contributed by atoms with E-state index in [2.05, 4.69) is 52.0 Å². The molecule has 4 nitrogen and oxygen atoms in total. The number of thiazole rings is 1. The lowest BCUT2D eigenvalue weighted by atomic mass is 10.3. The quantitative estimate of drug-likeness (QED) is 0.602. The summed E-state index contributed by atoms with van der Waals surface area (Å²) in [6.07, 6.45) is 2.02. The van der Waals surface area contributed by atoms with Crippen molar-refractivity contribution in [1.82, 2.24) is 15.6 Å². The van der Waals surface area contributed by atoms with Gasteiger partial charge in [0.05, 0.1) is 17.2 Å². The largest absolute Gasteiger partial charge is 0.357 e. The highest BCUT2D eigenvalue weighted by atomic mass is 32.1. The van der Waals surface area contributed by atoms with E-state index in [1.54, 1.807) is 11.3 Å². The van der Waals surface area contributed by atoms with Crippen molar-refractivity contribution in [3.05, 3.63) is 38.0 Å². The molecule has 2 N–H and O–H groups in total. The van der Waals surface area contributed by atoms with Crippen LogP contribution in [0.5, 0.6) is 0 Å². The van der Waals surface area contributed by atoms with Crippen molar-refractivity contribution in [3.63, 3.8) is 0 Å². The first kappa shape index (κ1) is 17.0. The molecule has 0 atom stereocenters. The van der Waals surface area contributed by atoms with Gasteiger partial charge < -0.3 is 10.6 Å². The van der Waals surface area contributed by atoms with Crippen LogP contribution in [-0.4, -0.2) is 24.0 Å². The Morgan fingerprint density at radius 3 is 2.68 bits per heavy atom. The molecule has 120 valence electrons. The standard InChI is InChI=1S/C16H24N4S2/c1-4-14-6-7-15(22-14)10-19-16(17-5-2)18-9-8-13-11-21-12(3)20-13/h6-7,11H,4-5,8-10H2,1-3H3,(H2,17,18,19). The summed E-state index contributed by atoms with van der Waals surface area (Å²) in [5.41, 5.74) is 1.15. The molecule has 2 heterocycles. The van der Waals surface area contributed by atoms with Gasteiger partial charge in [0.1, 0.15) is 0 Å². The fourth-order valence-electron chi connectivity index (χ4n) is 2.03. The first-order valence-electron chi connectivity index (χ1n) is 7.72. The number of nitrogens with one attached hydrogen (secondary N) is 2. The summed E-state index contributed by atoms with van der Waals surface area (Å²) in [5.74, 6) is 0.876. The number of aryl methyl sites for hydroxylation is 2. The van der Waals surface area contributed by atoms with Crippen LogP contribution in [0.15, 0.2) is 22.5 Å². The molecule has 0 aliphatic carbocycles. The SMILES string of the molecule is CCNC(=NCc1ccc(CC)s1)NCCc1csc(C)n1. The van der Waals surface area contributed by atoms with Gasteiger partial charge in [0.15, 0.2) is 5.96 Å². The first-order valence-corrected chi connectivity index (χ1v) is 9.41. The van der Waals surface area contributed by atoms with Crippen molar-refractivity contribution >= 4 is 28.6 Å². The zero-order valence-electron chi connectivity index (χ0n) is 13.5. The van der Waals surface area contributed by atoms with Crippen LogP contribution in [0.3, 0.4) is 0 Å². The summed E-state index contributed by atoms with van der Waals surface area (Å²) in [7, 11) is 0. The van der Waals surface area contributed by atoms with Crippen molar-refractivity contribution < 1.29 is 0 Å². The van der Waals surface area contributed by atoms with Gasteiger partial charge in [-0.15, -0.1) is 22.7 Å². The zero-order chi connectivity index (χ0) is 15.8. The lowest BCUT2D eigenvalue weighted by molar-refractivity contribution is 0.791. The fraction of sp³-hybridized carbons (Fsp3) is 0.500. The number of nitrogens with zero attached hydrogens (tertiary/aromatic N) is 2. The number of rotatable bonds is 7. The van der Waals surface area contributed by atoms with E-state index in [4.69, 9.17) is 0 Å². The topological polar surface area (TPSA) is 49.3 Å². The molecule has 2 rings (SSSR count). The average Bonchev–Trinajstić information content (AvgIpc) is 3.13. The maximum Gasteiger partial charge on any atom is 0.191 e. The molecule has 2 aromatic rings. The van der Waals surface area contributed by atoms with Gasteiger partial charge in [-0.25, -0.2) is 9.98 Å². The fourth-order valence-corrected chi connectivity index (χ4v) is 3.56. The van der Waals surface area contributed by atoms with Crippen LogP contribution in [0.4, 0.5) is 0 Å². The molecule has 0 amide bonds. The molecule has 6 heteroatoms. The summed E-state index contributed by atoms with van der Waals surface area (Å²) < 4.78 is 0. The van der Waals surface area contributed by atoms with Crippen LogP contribution in [0.25, 0.3) is 0 Å². The predicted octanol–water partition coefficient (Wildman–Crippen LogP) is 3.37. The van der Waals surface area contributed by atoms with Crippen LogP contribution in [0.1, 0.15) is 34.3 Å². The van der Waals surface area contributed by atoms with Crippen molar-refractivity contribution in [2.45, 2.75) is 40.2 Å². The van der Waals surface area contributed by atoms with Crippen LogP contribution >= 0.6 is 22.7 Å². The Morgan fingerprint density at radius 1 is 1.23 bits per heavy atom. The Bertz CT molecular complexity index is 601. The molecule has 22 heavy (non-hydrogen) atoms. The van der Waals surface area contributed by atoms with Crippen molar-refractivity contribution in [3.8, 4) is 0 Å². The van der Waals surface area contributed by atoms with Gasteiger partial charge in [-0.1, -0.05) is 6.92 Å². The van der Waals surface area contributed by atoms with E-state index in [-0.39, 0.29) is 0 Å². The first-order chi connectivity index (χ1) is 10.7. The Balaban J connectivity index is 1.83. The Labute approximate surface area is 140 Å². The summed E-state index contributed by atoms with van der Waals surface area (Å²) in [6.45, 7) is 8.76. The molecule has 0 radical (unpaired) electrons. The normalized spacial score (nSPS) is 11.7. The Morgan fingerprint density at radius 2 is 2.05 bits per heavy atom. The number of aliphatic imine (C=N–C) groups is 1. The van der Waals surface area contributed by atoms with Crippen LogP contribution in [-0.2, 0) is 19.4 Å². The van der Waals surface area contributed by atoms with Crippen LogP contribution in [0, 0.1) is 6.92 Å². The van der Waals surface area contributed by atoms with Crippen molar-refractivity contribution in [2.75, 3.05) is 13.1 Å². The predicted molar refractivity (Wildman–Crippen MR) is 97.1 cm³/mol. The Hall–Kier alpha value is -1.40. The van der Waals surface area contributed by atoms with E-state index in [0.29, 0.717) is 0 Å². The van der Waals surface area contributed by atoms with Crippen molar-refractivity contribution in [2.24, 2.45) is 4.99 Å². The molecule has 0 aliphatic heterocycles. The molecule has 0 spiro atoms. The van der Waals surface area contributed by atoms with Gasteiger partial charge in [0, 0.05) is 34.6 Å². The molecule has 0 saturated carbocycles. The molecule has 0 saturated heterocycles. The summed E-state index contributed by atoms with van der Waals surface area (Å²) in [5, 5.41) is 9.92. The van der Waals surface area contributed by atoms with Crippen LogP contribution < -0.4 is 10.6 Å². The van der Waals surface area contributed by atoms with E-state index in [1.165, 1.54) is 9.75 Å². The molecule has 0 aliphatic rings. The molecular formula is C16H24N4S2. The van der Waals surface area contributed by atoms with E-state index in [1.807, 2.05) is 18.3 Å². The number of aromatic nitrogens is 1. The average molecular weight is 337 g/mol. The summed E-state index contributed by atoms with van der Waals surface area (Å²) >= 11 is 3.55. The third kappa shape index (κ3) is 5.42. The van der Waals surface area contributed by atoms with Gasteiger partial charge in [-0.2, -0.15) is 0 Å². The van der Waals surface area contributed by atoms with Crippen LogP contribution in [0.2, 0.25) is 0 Å².